The Kier molecular flexibility index (Phi) is 5.19. The van der Waals surface area contributed by atoms with Crippen LogP contribution >= 0.6 is 34.1 Å². The topological polar surface area (TPSA) is 62.2 Å². The Morgan fingerprint density at radius 1 is 1.09 bits per heavy atom. The number of nitrogens with one attached hydrogen (secondary N) is 2. The second-order valence-corrected chi connectivity index (χ2v) is 6.83. The molecule has 3 aromatic rings. The van der Waals surface area contributed by atoms with Crippen LogP contribution in [0.1, 0.15) is 11.1 Å². The molecule has 0 saturated heterocycles. The van der Waals surface area contributed by atoms with E-state index in [1.807, 2.05) is 48.5 Å². The number of hydrogen-bond donors (Lipinski definition) is 2. The lowest BCUT2D eigenvalue weighted by atomic mass is 10.2. The molecule has 23 heavy (non-hydrogen) atoms. The maximum Gasteiger partial charge on any atom is 0.257 e. The highest BCUT2D eigenvalue weighted by atomic mass is 127. The summed E-state index contributed by atoms with van der Waals surface area (Å²) >= 11 is 3.56. The van der Waals surface area contributed by atoms with Gasteiger partial charge in [0.2, 0.25) is 5.13 Å². The summed E-state index contributed by atoms with van der Waals surface area (Å²) in [5.41, 5.74) is 6.07. The van der Waals surface area contributed by atoms with E-state index in [9.17, 15) is 0 Å². The minimum absolute atomic E-state index is 0.478. The van der Waals surface area contributed by atoms with Gasteiger partial charge in [-0.1, -0.05) is 29.8 Å². The van der Waals surface area contributed by atoms with Gasteiger partial charge in [-0.25, -0.2) is 5.43 Å². The van der Waals surface area contributed by atoms with E-state index in [-0.39, 0.29) is 0 Å². The molecular formula is C16H14IN5S. The van der Waals surface area contributed by atoms with Gasteiger partial charge >= 0.3 is 0 Å². The number of rotatable bonds is 5. The third-order valence-electron chi connectivity index (χ3n) is 2.98. The molecule has 116 valence electrons. The first-order chi connectivity index (χ1) is 11.2. The van der Waals surface area contributed by atoms with Crippen molar-refractivity contribution in [1.82, 2.24) is 9.36 Å². The molecule has 0 bridgehead atoms. The maximum atomic E-state index is 4.34. The number of anilines is 3. The Balaban J connectivity index is 1.58. The summed E-state index contributed by atoms with van der Waals surface area (Å²) in [5.74, 6) is 0.478. The monoisotopic (exact) mass is 435 g/mol. The number of hydrogen-bond acceptors (Lipinski definition) is 6. The fourth-order valence-electron chi connectivity index (χ4n) is 1.79. The van der Waals surface area contributed by atoms with E-state index in [0.29, 0.717) is 5.95 Å². The van der Waals surface area contributed by atoms with Crippen molar-refractivity contribution in [1.29, 1.82) is 0 Å². The van der Waals surface area contributed by atoms with Crippen LogP contribution in [-0.4, -0.2) is 15.6 Å². The molecule has 0 aliphatic heterocycles. The summed E-state index contributed by atoms with van der Waals surface area (Å²) in [7, 11) is 0. The summed E-state index contributed by atoms with van der Waals surface area (Å²) in [6.45, 7) is 2.06. The summed E-state index contributed by atoms with van der Waals surface area (Å²) in [4.78, 5) is 4.34. The zero-order chi connectivity index (χ0) is 16.1. The molecule has 0 radical (unpaired) electrons. The molecule has 5 nitrogen and oxygen atoms in total. The Labute approximate surface area is 152 Å². The van der Waals surface area contributed by atoms with Crippen LogP contribution in [0.3, 0.4) is 0 Å². The Morgan fingerprint density at radius 2 is 1.83 bits per heavy atom. The number of hydrazone groups is 1. The molecule has 1 aromatic heterocycles. The first-order valence-electron chi connectivity index (χ1n) is 6.91. The molecule has 0 spiro atoms. The van der Waals surface area contributed by atoms with Gasteiger partial charge in [-0.2, -0.15) is 10.1 Å². The van der Waals surface area contributed by atoms with Crippen molar-refractivity contribution in [2.45, 2.75) is 6.92 Å². The van der Waals surface area contributed by atoms with Crippen LogP contribution in [0.25, 0.3) is 0 Å². The third kappa shape index (κ3) is 4.73. The van der Waals surface area contributed by atoms with Gasteiger partial charge in [-0.3, -0.25) is 0 Å². The lowest BCUT2D eigenvalue weighted by Crippen LogP contribution is -1.93. The van der Waals surface area contributed by atoms with Crippen molar-refractivity contribution in [3.63, 3.8) is 0 Å². The predicted molar refractivity (Wildman–Crippen MR) is 105 cm³/mol. The van der Waals surface area contributed by atoms with Crippen molar-refractivity contribution in [2.24, 2.45) is 5.10 Å². The van der Waals surface area contributed by atoms with Crippen LogP contribution in [0.4, 0.5) is 16.8 Å². The van der Waals surface area contributed by atoms with E-state index in [1.165, 1.54) is 20.7 Å². The number of nitrogens with zero attached hydrogens (tertiary/aromatic N) is 3. The van der Waals surface area contributed by atoms with Gasteiger partial charge in [0.05, 0.1) is 6.21 Å². The molecule has 0 saturated carbocycles. The average molecular weight is 435 g/mol. The summed E-state index contributed by atoms with van der Waals surface area (Å²) in [6, 6.07) is 16.2. The van der Waals surface area contributed by atoms with Crippen molar-refractivity contribution in [3.05, 3.63) is 63.2 Å². The third-order valence-corrected chi connectivity index (χ3v) is 4.33. The highest BCUT2D eigenvalue weighted by Crippen LogP contribution is 2.20. The molecular weight excluding hydrogens is 421 g/mol. The zero-order valence-corrected chi connectivity index (χ0v) is 15.3. The maximum absolute atomic E-state index is 4.34. The average Bonchev–Trinajstić information content (AvgIpc) is 2.99. The molecule has 7 heteroatoms. The molecule has 0 atom stereocenters. The van der Waals surface area contributed by atoms with E-state index < -0.39 is 0 Å². The highest BCUT2D eigenvalue weighted by Gasteiger charge is 2.03. The highest BCUT2D eigenvalue weighted by molar-refractivity contribution is 14.1. The fourth-order valence-corrected chi connectivity index (χ4v) is 2.70. The normalized spacial score (nSPS) is 10.9. The summed E-state index contributed by atoms with van der Waals surface area (Å²) < 4.78 is 5.41. The van der Waals surface area contributed by atoms with E-state index in [2.05, 4.69) is 54.7 Å². The Hall–Kier alpha value is -2.00. The summed E-state index contributed by atoms with van der Waals surface area (Å²) in [5, 5.41) is 8.09. The molecule has 0 fully saturated rings. The molecule has 3 rings (SSSR count). The van der Waals surface area contributed by atoms with Crippen LogP contribution in [0.5, 0.6) is 0 Å². The Morgan fingerprint density at radius 3 is 2.57 bits per heavy atom. The van der Waals surface area contributed by atoms with E-state index >= 15 is 0 Å². The first-order valence-corrected chi connectivity index (χ1v) is 8.76. The lowest BCUT2D eigenvalue weighted by molar-refractivity contribution is 1.21. The van der Waals surface area contributed by atoms with Gasteiger partial charge < -0.3 is 5.32 Å². The molecule has 0 aliphatic carbocycles. The molecule has 0 amide bonds. The van der Waals surface area contributed by atoms with Gasteiger partial charge in [-0.15, -0.1) is 4.37 Å². The minimum atomic E-state index is 0.478. The second-order valence-electron chi connectivity index (χ2n) is 4.84. The van der Waals surface area contributed by atoms with Gasteiger partial charge in [0.1, 0.15) is 0 Å². The quantitative estimate of drug-likeness (QED) is 0.348. The van der Waals surface area contributed by atoms with Crippen LogP contribution in [0.2, 0.25) is 0 Å². The van der Waals surface area contributed by atoms with E-state index in [4.69, 9.17) is 0 Å². The number of halogens is 1. The molecule has 0 unspecified atom stereocenters. The van der Waals surface area contributed by atoms with Crippen molar-refractivity contribution < 1.29 is 0 Å². The molecule has 1 heterocycles. The fraction of sp³-hybridized carbons (Fsp3) is 0.0625. The van der Waals surface area contributed by atoms with Crippen LogP contribution in [0.15, 0.2) is 53.6 Å². The zero-order valence-electron chi connectivity index (χ0n) is 12.3. The first kappa shape index (κ1) is 15.9. The van der Waals surface area contributed by atoms with Gasteiger partial charge in [0, 0.05) is 20.8 Å². The standard InChI is InChI=1S/C16H14IN5S/c1-11-2-4-12(5-3-11)10-18-21-15-20-16(23-22-15)19-14-8-6-13(17)7-9-14/h2-10H,1H3,(H2,19,20,21,22)/b18-10+. The SMILES string of the molecule is Cc1ccc(/C=N/Nc2nsc(Nc3ccc(I)cc3)n2)cc1. The lowest BCUT2D eigenvalue weighted by Gasteiger charge is -2.00. The van der Waals surface area contributed by atoms with Gasteiger partial charge in [0.25, 0.3) is 5.95 Å². The smallest absolute Gasteiger partial charge is 0.257 e. The van der Waals surface area contributed by atoms with Crippen LogP contribution in [-0.2, 0) is 0 Å². The van der Waals surface area contributed by atoms with Gasteiger partial charge in [-0.05, 0) is 59.3 Å². The number of aryl methyl sites for hydroxylation is 1. The van der Waals surface area contributed by atoms with Crippen LogP contribution < -0.4 is 10.7 Å². The Bertz CT molecular complexity index is 796. The summed E-state index contributed by atoms with van der Waals surface area (Å²) in [6.07, 6.45) is 1.74. The molecule has 2 aromatic carbocycles. The van der Waals surface area contributed by atoms with Crippen LogP contribution in [0, 0.1) is 10.5 Å². The van der Waals surface area contributed by atoms with Crippen molar-refractivity contribution >= 4 is 57.1 Å². The minimum Gasteiger partial charge on any atom is -0.330 e. The van der Waals surface area contributed by atoms with E-state index in [1.54, 1.807) is 6.21 Å². The second kappa shape index (κ2) is 7.51. The van der Waals surface area contributed by atoms with Crippen molar-refractivity contribution in [3.8, 4) is 0 Å². The number of aromatic nitrogens is 2. The van der Waals surface area contributed by atoms with E-state index in [0.717, 1.165) is 16.4 Å². The number of benzene rings is 2. The largest absolute Gasteiger partial charge is 0.330 e. The van der Waals surface area contributed by atoms with Crippen molar-refractivity contribution in [2.75, 3.05) is 10.7 Å². The molecule has 0 aliphatic rings. The molecule has 2 N–H and O–H groups in total. The van der Waals surface area contributed by atoms with Gasteiger partial charge in [0.15, 0.2) is 0 Å². The predicted octanol–water partition coefficient (Wildman–Crippen LogP) is 4.64.